The van der Waals surface area contributed by atoms with E-state index in [9.17, 15) is 0 Å². The molecule has 0 atom stereocenters. The summed E-state index contributed by atoms with van der Waals surface area (Å²) in [7, 11) is 0. The lowest BCUT2D eigenvalue weighted by molar-refractivity contribution is 0.119. The average Bonchev–Trinajstić information content (AvgIpc) is 3.14. The number of imidazole rings is 1. The summed E-state index contributed by atoms with van der Waals surface area (Å²) in [6.45, 7) is 4.79. The van der Waals surface area contributed by atoms with Gasteiger partial charge in [-0.2, -0.15) is 0 Å². The Bertz CT molecular complexity index is 625. The van der Waals surface area contributed by atoms with Crippen molar-refractivity contribution in [2.75, 3.05) is 13.2 Å². The van der Waals surface area contributed by atoms with Crippen molar-refractivity contribution < 1.29 is 4.74 Å². The molecule has 1 aromatic heterocycles. The lowest BCUT2D eigenvalue weighted by Crippen LogP contribution is -2.04. The summed E-state index contributed by atoms with van der Waals surface area (Å²) in [4.78, 5) is 3.27. The van der Waals surface area contributed by atoms with Crippen LogP contribution in [0.25, 0.3) is 11.0 Å². The molecule has 0 saturated heterocycles. The first-order chi connectivity index (χ1) is 9.24. The van der Waals surface area contributed by atoms with Crippen molar-refractivity contribution >= 4 is 23.3 Å². The number of aromatic nitrogens is 2. The minimum atomic E-state index is 0.808. The SMILES string of the molecule is Cc1ccc2c(c1)[nH]c(=S)n2CCCOCC1CC1. The maximum atomic E-state index is 5.67. The van der Waals surface area contributed by atoms with Crippen molar-refractivity contribution in [2.45, 2.75) is 32.7 Å². The standard InChI is InChI=1S/C15H20N2OS/c1-11-3-6-14-13(9-11)16-15(19)17(14)7-2-8-18-10-12-4-5-12/h3,6,9,12H,2,4-5,7-8,10H2,1H3,(H,16,19). The summed E-state index contributed by atoms with van der Waals surface area (Å²) in [6, 6.07) is 6.41. The van der Waals surface area contributed by atoms with E-state index >= 15 is 0 Å². The Morgan fingerprint density at radius 1 is 1.42 bits per heavy atom. The first-order valence-electron chi connectivity index (χ1n) is 7.01. The van der Waals surface area contributed by atoms with Gasteiger partial charge in [0, 0.05) is 19.8 Å². The summed E-state index contributed by atoms with van der Waals surface area (Å²) in [5.74, 6) is 0.846. The monoisotopic (exact) mass is 276 g/mol. The van der Waals surface area contributed by atoms with Gasteiger partial charge in [-0.1, -0.05) is 6.07 Å². The van der Waals surface area contributed by atoms with E-state index in [1.165, 1.54) is 23.9 Å². The van der Waals surface area contributed by atoms with Crippen LogP contribution in [0.2, 0.25) is 0 Å². The Morgan fingerprint density at radius 3 is 3.05 bits per heavy atom. The topological polar surface area (TPSA) is 29.9 Å². The fourth-order valence-electron chi connectivity index (χ4n) is 2.36. The normalized spacial score (nSPS) is 15.2. The van der Waals surface area contributed by atoms with Crippen LogP contribution in [0.4, 0.5) is 0 Å². The Hall–Kier alpha value is -1.13. The first kappa shape index (κ1) is 12.9. The summed E-state index contributed by atoms with van der Waals surface area (Å²) in [6.07, 6.45) is 3.72. The highest BCUT2D eigenvalue weighted by molar-refractivity contribution is 7.71. The Kier molecular flexibility index (Phi) is 3.71. The fourth-order valence-corrected chi connectivity index (χ4v) is 2.66. The van der Waals surface area contributed by atoms with Gasteiger partial charge in [0.2, 0.25) is 0 Å². The Labute approximate surface area is 118 Å². The quantitative estimate of drug-likeness (QED) is 0.642. The van der Waals surface area contributed by atoms with Crippen LogP contribution in [0.1, 0.15) is 24.8 Å². The van der Waals surface area contributed by atoms with E-state index in [1.54, 1.807) is 0 Å². The Morgan fingerprint density at radius 2 is 2.26 bits per heavy atom. The van der Waals surface area contributed by atoms with Gasteiger partial charge in [0.15, 0.2) is 4.77 Å². The number of nitrogens with one attached hydrogen (secondary N) is 1. The van der Waals surface area contributed by atoms with Gasteiger partial charge in [0.1, 0.15) is 0 Å². The second-order valence-electron chi connectivity index (χ2n) is 5.47. The zero-order chi connectivity index (χ0) is 13.2. The number of H-pyrrole nitrogens is 1. The molecule has 102 valence electrons. The highest BCUT2D eigenvalue weighted by Crippen LogP contribution is 2.28. The number of hydrogen-bond acceptors (Lipinski definition) is 2. The molecule has 1 saturated carbocycles. The van der Waals surface area contributed by atoms with E-state index in [-0.39, 0.29) is 0 Å². The summed E-state index contributed by atoms with van der Waals surface area (Å²) in [5, 5.41) is 0. The van der Waals surface area contributed by atoms with Gasteiger partial charge in [0.05, 0.1) is 11.0 Å². The molecule has 1 aromatic carbocycles. The third kappa shape index (κ3) is 3.07. The molecule has 3 nitrogen and oxygen atoms in total. The van der Waals surface area contributed by atoms with Gasteiger partial charge in [-0.05, 0) is 62.0 Å². The summed E-state index contributed by atoms with van der Waals surface area (Å²) < 4.78 is 8.65. The van der Waals surface area contributed by atoms with Gasteiger partial charge in [-0.25, -0.2) is 0 Å². The van der Waals surface area contributed by atoms with Crippen molar-refractivity contribution in [3.8, 4) is 0 Å². The Balaban J connectivity index is 1.62. The molecule has 0 bridgehead atoms. The van der Waals surface area contributed by atoms with E-state index in [2.05, 4.69) is 34.7 Å². The van der Waals surface area contributed by atoms with Crippen molar-refractivity contribution in [3.05, 3.63) is 28.5 Å². The van der Waals surface area contributed by atoms with Gasteiger partial charge < -0.3 is 14.3 Å². The second-order valence-corrected chi connectivity index (χ2v) is 5.86. The molecule has 1 aliphatic rings. The average molecular weight is 276 g/mol. The zero-order valence-corrected chi connectivity index (χ0v) is 12.1. The summed E-state index contributed by atoms with van der Waals surface area (Å²) in [5.41, 5.74) is 3.57. The van der Waals surface area contributed by atoms with Crippen LogP contribution < -0.4 is 0 Å². The zero-order valence-electron chi connectivity index (χ0n) is 11.3. The smallest absolute Gasteiger partial charge is 0.178 e. The van der Waals surface area contributed by atoms with Gasteiger partial charge in [0.25, 0.3) is 0 Å². The van der Waals surface area contributed by atoms with Crippen LogP contribution in [0.15, 0.2) is 18.2 Å². The molecule has 2 aromatic rings. The molecule has 0 unspecified atom stereocenters. The van der Waals surface area contributed by atoms with Crippen molar-refractivity contribution in [2.24, 2.45) is 5.92 Å². The predicted molar refractivity (Wildman–Crippen MR) is 80.0 cm³/mol. The van der Waals surface area contributed by atoms with Crippen LogP contribution in [-0.4, -0.2) is 22.8 Å². The number of nitrogens with zero attached hydrogens (tertiary/aromatic N) is 1. The third-order valence-electron chi connectivity index (χ3n) is 3.65. The largest absolute Gasteiger partial charge is 0.381 e. The van der Waals surface area contributed by atoms with E-state index in [0.717, 1.165) is 42.4 Å². The van der Waals surface area contributed by atoms with Crippen LogP contribution in [0, 0.1) is 17.6 Å². The molecule has 4 heteroatoms. The van der Waals surface area contributed by atoms with Crippen LogP contribution in [-0.2, 0) is 11.3 Å². The number of ether oxygens (including phenoxy) is 1. The third-order valence-corrected chi connectivity index (χ3v) is 3.97. The van der Waals surface area contributed by atoms with E-state index in [4.69, 9.17) is 17.0 Å². The molecule has 1 fully saturated rings. The lowest BCUT2D eigenvalue weighted by Gasteiger charge is -2.06. The lowest BCUT2D eigenvalue weighted by atomic mass is 10.2. The molecule has 3 rings (SSSR count). The van der Waals surface area contributed by atoms with Gasteiger partial charge in [-0.3, -0.25) is 0 Å². The van der Waals surface area contributed by atoms with Crippen molar-refractivity contribution in [1.29, 1.82) is 0 Å². The number of aromatic amines is 1. The molecule has 0 radical (unpaired) electrons. The fraction of sp³-hybridized carbons (Fsp3) is 0.533. The molecule has 0 spiro atoms. The van der Waals surface area contributed by atoms with Crippen LogP contribution in [0.5, 0.6) is 0 Å². The van der Waals surface area contributed by atoms with Crippen LogP contribution in [0.3, 0.4) is 0 Å². The molecular weight excluding hydrogens is 256 g/mol. The van der Waals surface area contributed by atoms with Gasteiger partial charge in [-0.15, -0.1) is 0 Å². The molecule has 1 N–H and O–H groups in total. The molecule has 19 heavy (non-hydrogen) atoms. The molecule has 1 heterocycles. The van der Waals surface area contributed by atoms with Crippen molar-refractivity contribution in [3.63, 3.8) is 0 Å². The molecule has 0 aliphatic heterocycles. The maximum Gasteiger partial charge on any atom is 0.178 e. The highest BCUT2D eigenvalue weighted by atomic mass is 32.1. The number of fused-ring (bicyclic) bond motifs is 1. The van der Waals surface area contributed by atoms with E-state index in [0.29, 0.717) is 0 Å². The maximum absolute atomic E-state index is 5.67. The van der Waals surface area contributed by atoms with E-state index in [1.807, 2.05) is 0 Å². The minimum absolute atomic E-state index is 0.808. The number of aryl methyl sites for hydroxylation is 2. The molecular formula is C15H20N2OS. The molecule has 0 amide bonds. The highest BCUT2D eigenvalue weighted by Gasteiger charge is 2.20. The predicted octanol–water partition coefficient (Wildman–Crippen LogP) is 3.82. The van der Waals surface area contributed by atoms with Crippen LogP contribution >= 0.6 is 12.2 Å². The minimum Gasteiger partial charge on any atom is -0.381 e. The van der Waals surface area contributed by atoms with E-state index < -0.39 is 0 Å². The summed E-state index contributed by atoms with van der Waals surface area (Å²) >= 11 is 5.39. The second kappa shape index (κ2) is 5.47. The number of rotatable bonds is 6. The van der Waals surface area contributed by atoms with Gasteiger partial charge >= 0.3 is 0 Å². The van der Waals surface area contributed by atoms with Crippen molar-refractivity contribution in [1.82, 2.24) is 9.55 Å². The number of hydrogen-bond donors (Lipinski definition) is 1. The molecule has 1 aliphatic carbocycles. The number of benzene rings is 1. The first-order valence-corrected chi connectivity index (χ1v) is 7.42.